The highest BCUT2D eigenvalue weighted by Crippen LogP contribution is 2.32. The maximum Gasteiger partial charge on any atom is 0.176 e. The molecule has 3 saturated carbocycles. The van der Waals surface area contributed by atoms with Gasteiger partial charge in [0.15, 0.2) is 18.9 Å². The van der Waals surface area contributed by atoms with Gasteiger partial charge in [-0.3, -0.25) is 0 Å². The van der Waals surface area contributed by atoms with Crippen molar-refractivity contribution in [3.63, 3.8) is 0 Å². The predicted molar refractivity (Wildman–Crippen MR) is 268 cm³/mol. The molecule has 0 spiro atoms. The summed E-state index contributed by atoms with van der Waals surface area (Å²) < 4.78 is 51.3. The van der Waals surface area contributed by atoms with Crippen molar-refractivity contribution < 1.29 is 88.6 Å². The maximum atomic E-state index is 10.6. The molecule has 0 aromatic carbocycles. The molecule has 0 amide bonds. The fourth-order valence-electron chi connectivity index (χ4n) is 10.0. The largest absolute Gasteiger partial charge is 0.389 e. The monoisotopic (exact) mass is 1090 g/mol. The van der Waals surface area contributed by atoms with Crippen molar-refractivity contribution in [2.24, 2.45) is 68.8 Å². The Bertz CT molecular complexity index is 1600. The Morgan fingerprint density at radius 3 is 1.11 bits per heavy atom. The van der Waals surface area contributed by atoms with Crippen molar-refractivity contribution >= 4 is 0 Å². The summed E-state index contributed by atoms with van der Waals surface area (Å²) in [5.74, 6) is 0. The van der Waals surface area contributed by atoms with Crippen LogP contribution in [0.5, 0.6) is 0 Å². The molecule has 0 aromatic heterocycles. The highest BCUT2D eigenvalue weighted by molar-refractivity contribution is 5.03. The summed E-state index contributed by atoms with van der Waals surface area (Å²) in [6.45, 7) is 7.22. The molecule has 33 N–H and O–H groups in total. The van der Waals surface area contributed by atoms with Crippen LogP contribution in [0, 0.1) is 0 Å². The lowest BCUT2D eigenvalue weighted by Gasteiger charge is -2.46. The average molecular weight is 1090 g/mol. The first-order valence-electron chi connectivity index (χ1n) is 26.2. The average Bonchev–Trinajstić information content (AvgIpc) is 3.38. The summed E-state index contributed by atoms with van der Waals surface area (Å²) in [5.41, 5.74) is 70.6. The van der Waals surface area contributed by atoms with Gasteiger partial charge in [-0.25, -0.2) is 0 Å². The molecule has 6 rings (SSSR count). The van der Waals surface area contributed by atoms with Gasteiger partial charge in [-0.05, 0) is 38.5 Å². The molecule has 30 unspecified atom stereocenters. The van der Waals surface area contributed by atoms with E-state index >= 15 is 0 Å². The first-order valence-corrected chi connectivity index (χ1v) is 26.2. The summed E-state index contributed by atoms with van der Waals surface area (Å²) in [6, 6.07) is -6.17. The molecular formula is C45H96N12O18. The molecular weight excluding hydrogens is 997 g/mol. The van der Waals surface area contributed by atoms with Crippen molar-refractivity contribution in [3.8, 4) is 0 Å². The fraction of sp³-hybridized carbons (Fsp3) is 1.00. The number of rotatable bonds is 18. The third-order valence-electron chi connectivity index (χ3n) is 14.5. The van der Waals surface area contributed by atoms with Crippen molar-refractivity contribution in [1.82, 2.24) is 0 Å². The standard InChI is InChI=1S/3C15H32N4O6/c1-2-3-23-13-6(17)4-7(18)14(12(13)22)25-15-9(19)11(21)10(20)8(5-16)24-15;1-2-3-23-14-8(5-16)24-15(9(19)11(14)21)25-13-7(18)4-6(17)10(20)12(13)22;1-2-3-23-14-10(20)6(17)4-7(18)13(14)25-15-9(19)12(22)11(21)8(5-16)24-15/h3*6-15,20-22H,2-5,16-19H2,1H3. The minimum absolute atomic E-state index is 0.00914. The number of hydrogen-bond donors (Lipinski definition) is 21. The summed E-state index contributed by atoms with van der Waals surface area (Å²) >= 11 is 0. The molecule has 30 heteroatoms. The lowest BCUT2D eigenvalue weighted by molar-refractivity contribution is -0.293. The second-order valence-corrected chi connectivity index (χ2v) is 20.5. The van der Waals surface area contributed by atoms with Gasteiger partial charge >= 0.3 is 0 Å². The minimum atomic E-state index is -1.28. The van der Waals surface area contributed by atoms with Crippen LogP contribution < -0.4 is 68.8 Å². The van der Waals surface area contributed by atoms with Crippen molar-refractivity contribution in [2.45, 2.75) is 242 Å². The Labute approximate surface area is 438 Å². The summed E-state index contributed by atoms with van der Waals surface area (Å²) in [6.07, 6.45) is -17.1. The molecule has 3 saturated heterocycles. The smallest absolute Gasteiger partial charge is 0.176 e. The molecule has 75 heavy (non-hydrogen) atoms. The second-order valence-electron chi connectivity index (χ2n) is 20.5. The second kappa shape index (κ2) is 31.1. The predicted octanol–water partition coefficient (Wildman–Crippen LogP) is -11.0. The van der Waals surface area contributed by atoms with Crippen molar-refractivity contribution in [2.75, 3.05) is 39.5 Å². The topological polar surface area (TPSA) is 577 Å². The van der Waals surface area contributed by atoms with E-state index in [9.17, 15) is 46.0 Å². The lowest BCUT2D eigenvalue weighted by atomic mass is 9.84. The van der Waals surface area contributed by atoms with Crippen LogP contribution in [0.4, 0.5) is 0 Å². The van der Waals surface area contributed by atoms with E-state index < -0.39 is 183 Å². The minimum Gasteiger partial charge on any atom is -0.389 e. The van der Waals surface area contributed by atoms with Gasteiger partial charge in [-0.1, -0.05) is 20.8 Å². The summed E-state index contributed by atoms with van der Waals surface area (Å²) in [4.78, 5) is 0. The Hall–Kier alpha value is -1.20. The molecule has 0 radical (unpaired) electrons. The van der Waals surface area contributed by atoms with Crippen LogP contribution in [0.1, 0.15) is 59.3 Å². The zero-order valence-electron chi connectivity index (χ0n) is 43.4. The Kier molecular flexibility index (Phi) is 27.5. The van der Waals surface area contributed by atoms with Gasteiger partial charge < -0.3 is 157 Å². The molecule has 6 fully saturated rings. The molecule has 0 aromatic rings. The molecule has 3 aliphatic heterocycles. The van der Waals surface area contributed by atoms with E-state index in [4.69, 9.17) is 111 Å². The van der Waals surface area contributed by atoms with Crippen LogP contribution >= 0.6 is 0 Å². The SMILES string of the molecule is CCCOC1C(CN)OC(OC2C(N)CC(N)C(O)C2O)C(N)C1O.CCCOC1C(N)CC(N)C(OC2OC(CN)C(O)C(O)C2N)C1O.CCCOC1C(O)C(N)CC(N)C1OC1OC(CN)C(O)C(O)C1N. The summed E-state index contributed by atoms with van der Waals surface area (Å²) in [5, 5.41) is 91.6. The Balaban J connectivity index is 0.000000243. The first-order chi connectivity index (χ1) is 35.4. The van der Waals surface area contributed by atoms with E-state index in [0.29, 0.717) is 32.7 Å². The first kappa shape index (κ1) is 66.3. The van der Waals surface area contributed by atoms with Gasteiger partial charge in [0.25, 0.3) is 0 Å². The number of ether oxygens (including phenoxy) is 9. The molecule has 3 heterocycles. The third kappa shape index (κ3) is 16.5. The van der Waals surface area contributed by atoms with E-state index in [-0.39, 0.29) is 26.1 Å². The van der Waals surface area contributed by atoms with Gasteiger partial charge in [-0.2, -0.15) is 0 Å². The van der Waals surface area contributed by atoms with Crippen molar-refractivity contribution in [3.05, 3.63) is 0 Å². The van der Waals surface area contributed by atoms with Crippen LogP contribution in [0.15, 0.2) is 0 Å². The van der Waals surface area contributed by atoms with E-state index in [1.54, 1.807) is 0 Å². The zero-order valence-corrected chi connectivity index (χ0v) is 43.4. The lowest BCUT2D eigenvalue weighted by Crippen LogP contribution is -2.67. The Morgan fingerprint density at radius 2 is 0.667 bits per heavy atom. The van der Waals surface area contributed by atoms with Crippen molar-refractivity contribution in [1.29, 1.82) is 0 Å². The molecule has 444 valence electrons. The number of hydrogen-bond acceptors (Lipinski definition) is 30. The number of nitrogens with two attached hydrogens (primary N) is 12. The van der Waals surface area contributed by atoms with E-state index in [1.165, 1.54) is 0 Å². The normalized spacial score (nSPS) is 48.5. The van der Waals surface area contributed by atoms with Gasteiger partial charge in [0, 0.05) is 75.7 Å². The van der Waals surface area contributed by atoms with Crippen LogP contribution in [0.3, 0.4) is 0 Å². The van der Waals surface area contributed by atoms with Crippen LogP contribution in [-0.4, -0.2) is 269 Å². The number of aliphatic hydroxyl groups is 9. The maximum absolute atomic E-state index is 10.6. The molecule has 0 bridgehead atoms. The molecule has 30 nitrogen and oxygen atoms in total. The molecule has 6 aliphatic rings. The van der Waals surface area contributed by atoms with Gasteiger partial charge in [-0.15, -0.1) is 0 Å². The molecule has 30 atom stereocenters. The van der Waals surface area contributed by atoms with Crippen LogP contribution in [0.25, 0.3) is 0 Å². The number of aliphatic hydroxyl groups excluding tert-OH is 9. The Morgan fingerprint density at radius 1 is 0.333 bits per heavy atom. The highest BCUT2D eigenvalue weighted by Gasteiger charge is 2.52. The molecule has 3 aliphatic carbocycles. The van der Waals surface area contributed by atoms with E-state index in [1.807, 2.05) is 20.8 Å². The quantitative estimate of drug-likeness (QED) is 0.0606. The van der Waals surface area contributed by atoms with Gasteiger partial charge in [0.2, 0.25) is 0 Å². The van der Waals surface area contributed by atoms with Gasteiger partial charge in [0.1, 0.15) is 97.7 Å². The third-order valence-corrected chi connectivity index (χ3v) is 14.5. The van der Waals surface area contributed by atoms with Crippen LogP contribution in [0.2, 0.25) is 0 Å². The van der Waals surface area contributed by atoms with E-state index in [0.717, 1.165) is 19.3 Å². The van der Waals surface area contributed by atoms with Gasteiger partial charge in [0.05, 0.1) is 30.3 Å². The van der Waals surface area contributed by atoms with Crippen LogP contribution in [-0.2, 0) is 42.6 Å². The summed E-state index contributed by atoms with van der Waals surface area (Å²) in [7, 11) is 0. The fourth-order valence-corrected chi connectivity index (χ4v) is 10.0. The van der Waals surface area contributed by atoms with E-state index in [2.05, 4.69) is 0 Å². The zero-order chi connectivity index (χ0) is 56.2. The highest BCUT2D eigenvalue weighted by atomic mass is 16.7.